The third-order valence-corrected chi connectivity index (χ3v) is 5.85. The van der Waals surface area contributed by atoms with Gasteiger partial charge in [0.2, 0.25) is 0 Å². The molecule has 1 fully saturated rings. The summed E-state index contributed by atoms with van der Waals surface area (Å²) in [5.41, 5.74) is 0.271. The molecule has 1 heteroatoms. The number of hydrogen-bond acceptors (Lipinski definition) is 1. The predicted octanol–water partition coefficient (Wildman–Crippen LogP) is 6.86. The molecular weight excluding hydrogens is 292 g/mol. The Kier molecular flexibility index (Phi) is 8.88. The van der Waals surface area contributed by atoms with Crippen molar-refractivity contribution in [3.8, 4) is 0 Å². The van der Waals surface area contributed by atoms with Gasteiger partial charge in [0.05, 0.1) is 6.61 Å². The number of hydrogen-bond donors (Lipinski definition) is 0. The third-order valence-electron chi connectivity index (χ3n) is 5.85. The van der Waals surface area contributed by atoms with Crippen LogP contribution in [0.1, 0.15) is 78.1 Å². The zero-order chi connectivity index (χ0) is 17.1. The summed E-state index contributed by atoms with van der Waals surface area (Å²) in [5, 5.41) is 0. The molecule has 1 nitrogen and oxygen atoms in total. The van der Waals surface area contributed by atoms with Crippen LogP contribution in [0.25, 0.3) is 0 Å². The molecule has 0 aliphatic heterocycles. The first kappa shape index (κ1) is 19.5. The van der Waals surface area contributed by atoms with E-state index >= 15 is 0 Å². The minimum atomic E-state index is 0.271. The van der Waals surface area contributed by atoms with Crippen LogP contribution in [0.4, 0.5) is 0 Å². The van der Waals surface area contributed by atoms with Crippen LogP contribution in [-0.4, -0.2) is 13.2 Å². The van der Waals surface area contributed by atoms with Crippen LogP contribution in [0.15, 0.2) is 36.5 Å². The lowest BCUT2D eigenvalue weighted by atomic mass is 9.76. The van der Waals surface area contributed by atoms with Crippen LogP contribution in [0, 0.1) is 17.3 Å². The van der Waals surface area contributed by atoms with E-state index in [4.69, 9.17) is 4.74 Å². The largest absolute Gasteiger partial charge is 0.381 e. The Balaban J connectivity index is 1.66. The fraction of sp³-hybridized carbons (Fsp3) is 0.739. The molecule has 2 aliphatic rings. The fourth-order valence-corrected chi connectivity index (χ4v) is 4.35. The number of rotatable bonds is 10. The average Bonchev–Trinajstić information content (AvgIpc) is 2.62. The van der Waals surface area contributed by atoms with E-state index in [9.17, 15) is 0 Å². The first-order valence-electron chi connectivity index (χ1n) is 10.3. The average molecular weight is 331 g/mol. The summed E-state index contributed by atoms with van der Waals surface area (Å²) in [6, 6.07) is 0. The molecule has 24 heavy (non-hydrogen) atoms. The maximum absolute atomic E-state index is 5.92. The van der Waals surface area contributed by atoms with Gasteiger partial charge in [0.1, 0.15) is 0 Å². The first-order chi connectivity index (χ1) is 11.8. The Morgan fingerprint density at radius 1 is 1.12 bits per heavy atom. The van der Waals surface area contributed by atoms with Gasteiger partial charge in [-0.1, -0.05) is 62.6 Å². The van der Waals surface area contributed by atoms with Crippen LogP contribution in [0.3, 0.4) is 0 Å². The Morgan fingerprint density at radius 3 is 2.62 bits per heavy atom. The fourth-order valence-electron chi connectivity index (χ4n) is 4.35. The van der Waals surface area contributed by atoms with Crippen molar-refractivity contribution in [1.82, 2.24) is 0 Å². The van der Waals surface area contributed by atoms with Crippen molar-refractivity contribution < 1.29 is 4.74 Å². The second-order valence-electron chi connectivity index (χ2n) is 7.96. The summed E-state index contributed by atoms with van der Waals surface area (Å²) in [6.45, 7) is 6.14. The number of unbranched alkanes of at least 4 members (excludes halogenated alkanes) is 1. The SMILES string of the molecule is CC=CC1CCC(CCCCC2(COCCC)C=CC=CC2)CC1. The Labute approximate surface area is 150 Å². The molecule has 0 aromatic heterocycles. The van der Waals surface area contributed by atoms with Gasteiger partial charge in [0, 0.05) is 12.0 Å². The lowest BCUT2D eigenvalue weighted by molar-refractivity contribution is 0.0626. The van der Waals surface area contributed by atoms with Gasteiger partial charge in [-0.25, -0.2) is 0 Å². The first-order valence-corrected chi connectivity index (χ1v) is 10.3. The summed E-state index contributed by atoms with van der Waals surface area (Å²) in [6.07, 6.45) is 27.2. The zero-order valence-corrected chi connectivity index (χ0v) is 16.0. The zero-order valence-electron chi connectivity index (χ0n) is 16.0. The molecule has 1 unspecified atom stereocenters. The Bertz CT molecular complexity index is 412. The summed E-state index contributed by atoms with van der Waals surface area (Å²) in [4.78, 5) is 0. The maximum Gasteiger partial charge on any atom is 0.0560 e. The highest BCUT2D eigenvalue weighted by Crippen LogP contribution is 2.36. The van der Waals surface area contributed by atoms with Gasteiger partial charge < -0.3 is 4.74 Å². The van der Waals surface area contributed by atoms with Crippen molar-refractivity contribution in [2.45, 2.75) is 78.1 Å². The standard InChI is InChI=1S/C23H38O/c1-3-10-21-12-14-22(15-13-21)11-6-9-18-23(20-24-19-4-2)16-7-5-8-17-23/h3,5,7-8,10,16,21-22H,4,6,9,11-15,17-20H2,1-2H3. The van der Waals surface area contributed by atoms with Crippen molar-refractivity contribution in [3.63, 3.8) is 0 Å². The summed E-state index contributed by atoms with van der Waals surface area (Å²) in [5.74, 6) is 1.85. The van der Waals surface area contributed by atoms with Crippen molar-refractivity contribution >= 4 is 0 Å². The quantitative estimate of drug-likeness (QED) is 0.314. The highest BCUT2D eigenvalue weighted by atomic mass is 16.5. The van der Waals surface area contributed by atoms with Crippen LogP contribution in [0.5, 0.6) is 0 Å². The summed E-state index contributed by atoms with van der Waals surface area (Å²) in [7, 11) is 0. The molecule has 0 heterocycles. The van der Waals surface area contributed by atoms with Crippen LogP contribution < -0.4 is 0 Å². The Morgan fingerprint density at radius 2 is 1.96 bits per heavy atom. The monoisotopic (exact) mass is 330 g/mol. The van der Waals surface area contributed by atoms with E-state index < -0.39 is 0 Å². The van der Waals surface area contributed by atoms with E-state index in [2.05, 4.69) is 50.3 Å². The van der Waals surface area contributed by atoms with Gasteiger partial charge in [-0.05, 0) is 63.7 Å². The second-order valence-corrected chi connectivity index (χ2v) is 7.96. The molecule has 0 aromatic rings. The van der Waals surface area contributed by atoms with Crippen molar-refractivity contribution in [2.24, 2.45) is 17.3 Å². The van der Waals surface area contributed by atoms with Gasteiger partial charge in [-0.3, -0.25) is 0 Å². The van der Waals surface area contributed by atoms with E-state index in [0.717, 1.165) is 37.9 Å². The molecule has 0 radical (unpaired) electrons. The smallest absolute Gasteiger partial charge is 0.0560 e. The molecule has 1 saturated carbocycles. The molecule has 0 saturated heterocycles. The maximum atomic E-state index is 5.92. The molecule has 2 aliphatic carbocycles. The minimum absolute atomic E-state index is 0.271. The van der Waals surface area contributed by atoms with Crippen LogP contribution in [0.2, 0.25) is 0 Å². The lowest BCUT2D eigenvalue weighted by Gasteiger charge is -2.32. The number of allylic oxidation sites excluding steroid dienone is 5. The van der Waals surface area contributed by atoms with Crippen molar-refractivity contribution in [3.05, 3.63) is 36.5 Å². The van der Waals surface area contributed by atoms with Gasteiger partial charge in [-0.15, -0.1) is 0 Å². The van der Waals surface area contributed by atoms with Crippen molar-refractivity contribution in [1.29, 1.82) is 0 Å². The van der Waals surface area contributed by atoms with Gasteiger partial charge in [-0.2, -0.15) is 0 Å². The van der Waals surface area contributed by atoms with E-state index in [0.29, 0.717) is 0 Å². The van der Waals surface area contributed by atoms with Gasteiger partial charge in [0.15, 0.2) is 0 Å². The lowest BCUT2D eigenvalue weighted by Crippen LogP contribution is -2.26. The van der Waals surface area contributed by atoms with E-state index in [-0.39, 0.29) is 5.41 Å². The number of ether oxygens (including phenoxy) is 1. The molecule has 0 spiro atoms. The van der Waals surface area contributed by atoms with E-state index in [1.165, 1.54) is 51.4 Å². The second kappa shape index (κ2) is 10.9. The van der Waals surface area contributed by atoms with Crippen LogP contribution >= 0.6 is 0 Å². The molecule has 136 valence electrons. The van der Waals surface area contributed by atoms with E-state index in [1.807, 2.05) is 0 Å². The molecule has 0 N–H and O–H groups in total. The third kappa shape index (κ3) is 6.59. The molecule has 1 atom stereocenters. The highest BCUT2D eigenvalue weighted by Gasteiger charge is 2.27. The van der Waals surface area contributed by atoms with Crippen LogP contribution in [-0.2, 0) is 4.74 Å². The topological polar surface area (TPSA) is 9.23 Å². The normalized spacial score (nSPS) is 30.2. The highest BCUT2D eigenvalue weighted by molar-refractivity contribution is 5.16. The van der Waals surface area contributed by atoms with E-state index in [1.54, 1.807) is 0 Å². The summed E-state index contributed by atoms with van der Waals surface area (Å²) < 4.78 is 5.92. The van der Waals surface area contributed by atoms with Gasteiger partial charge in [0.25, 0.3) is 0 Å². The molecule has 0 amide bonds. The molecule has 0 aromatic carbocycles. The molecule has 2 rings (SSSR count). The molecule has 0 bridgehead atoms. The molecular formula is C23H38O. The predicted molar refractivity (Wildman–Crippen MR) is 105 cm³/mol. The minimum Gasteiger partial charge on any atom is -0.381 e. The van der Waals surface area contributed by atoms with Gasteiger partial charge >= 0.3 is 0 Å². The van der Waals surface area contributed by atoms with Crippen molar-refractivity contribution in [2.75, 3.05) is 13.2 Å². The Hall–Kier alpha value is -0.820. The summed E-state index contributed by atoms with van der Waals surface area (Å²) >= 11 is 0.